The van der Waals surface area contributed by atoms with E-state index in [0.717, 1.165) is 5.67 Å². The van der Waals surface area contributed by atoms with Gasteiger partial charge in [-0.25, -0.2) is 4.98 Å². The first kappa shape index (κ1) is 30.3. The Morgan fingerprint density at radius 1 is 1.08 bits per heavy atom. The van der Waals surface area contributed by atoms with Crippen LogP contribution in [0.4, 0.5) is 5.95 Å². The molecule has 2 aliphatic rings. The molecule has 13 heteroatoms. The predicted octanol–water partition coefficient (Wildman–Crippen LogP) is 4.12. The van der Waals surface area contributed by atoms with Gasteiger partial charge in [-0.2, -0.15) is 4.98 Å². The fraction of sp³-hybridized carbons (Fsp3) is 0.808. The van der Waals surface area contributed by atoms with E-state index < -0.39 is 34.5 Å². The SMILES string of the molecule is COCCO[C@@H]1[C@@H]2O[Si](C(C)C)(C(C)C)C[Si](C(C)C)(C(C)C)OC[C@H]2O[C@H]1n1cnc2c(=O)[nH]c(N)nc21. The number of fused-ring (bicyclic) bond motifs is 2. The standard InChI is InChI=1S/C26H47N5O6Si2/c1-15(2)38(16(3)4)14-39(17(5)6,18(7)8)37-21-19(12-35-38)36-25(22(21)34-11-10-33-9)31-13-28-20-23(31)29-26(27)30-24(20)32/h13,15-19,21-22,25H,10-12,14H2,1-9H3,(H3,27,29,30,32)/t19-,21-,22-,25-/m1/s1. The van der Waals surface area contributed by atoms with Crippen LogP contribution in [0.3, 0.4) is 0 Å². The quantitative estimate of drug-likeness (QED) is 0.331. The first-order valence-electron chi connectivity index (χ1n) is 14.2. The van der Waals surface area contributed by atoms with Gasteiger partial charge in [0.2, 0.25) is 5.95 Å². The zero-order valence-corrected chi connectivity index (χ0v) is 26.9. The third kappa shape index (κ3) is 5.38. The first-order valence-corrected chi connectivity index (χ1v) is 18.7. The van der Waals surface area contributed by atoms with Gasteiger partial charge >= 0.3 is 0 Å². The number of rotatable bonds is 9. The number of methoxy groups -OCH3 is 1. The van der Waals surface area contributed by atoms with Gasteiger partial charge in [0.25, 0.3) is 5.56 Å². The maximum atomic E-state index is 12.5. The van der Waals surface area contributed by atoms with Crippen molar-refractivity contribution < 1.29 is 23.1 Å². The molecule has 2 aromatic rings. The van der Waals surface area contributed by atoms with Gasteiger partial charge in [-0.05, 0) is 27.8 Å². The molecule has 4 rings (SSSR count). The van der Waals surface area contributed by atoms with Gasteiger partial charge in [0, 0.05) is 7.11 Å². The van der Waals surface area contributed by atoms with Crippen LogP contribution in [0.15, 0.2) is 11.1 Å². The van der Waals surface area contributed by atoms with E-state index in [1.807, 2.05) is 0 Å². The van der Waals surface area contributed by atoms with Crippen LogP contribution in [0.5, 0.6) is 0 Å². The molecule has 0 bridgehead atoms. The number of H-pyrrole nitrogens is 1. The summed E-state index contributed by atoms with van der Waals surface area (Å²) in [5, 5.41) is 0. The number of ether oxygens (including phenoxy) is 3. The molecular formula is C26H47N5O6Si2. The van der Waals surface area contributed by atoms with Gasteiger partial charge in [-0.1, -0.05) is 55.4 Å². The minimum absolute atomic E-state index is 0.0189. The minimum Gasteiger partial charge on any atom is -0.414 e. The highest BCUT2D eigenvalue weighted by Gasteiger charge is 2.60. The Bertz CT molecular complexity index is 1170. The van der Waals surface area contributed by atoms with Crippen molar-refractivity contribution in [3.63, 3.8) is 0 Å². The fourth-order valence-electron chi connectivity index (χ4n) is 6.55. The highest BCUT2D eigenvalue weighted by Crippen LogP contribution is 2.51. The summed E-state index contributed by atoms with van der Waals surface area (Å²) in [6, 6.07) is 0. The van der Waals surface area contributed by atoms with Gasteiger partial charge < -0.3 is 28.8 Å². The Morgan fingerprint density at radius 3 is 2.31 bits per heavy atom. The molecule has 0 amide bonds. The average molecular weight is 582 g/mol. The Balaban J connectivity index is 1.84. The van der Waals surface area contributed by atoms with E-state index in [0.29, 0.717) is 47.6 Å². The predicted molar refractivity (Wildman–Crippen MR) is 156 cm³/mol. The molecule has 0 saturated carbocycles. The molecule has 2 aromatic heterocycles. The van der Waals surface area contributed by atoms with Crippen molar-refractivity contribution in [2.75, 3.05) is 32.7 Å². The molecule has 0 spiro atoms. The maximum absolute atomic E-state index is 12.5. The lowest BCUT2D eigenvalue weighted by molar-refractivity contribution is -0.0771. The number of hydrogen-bond donors (Lipinski definition) is 2. The van der Waals surface area contributed by atoms with Crippen LogP contribution in [-0.4, -0.2) is 81.4 Å². The number of nitrogens with zero attached hydrogens (tertiary/aromatic N) is 3. The van der Waals surface area contributed by atoms with Crippen LogP contribution in [0.1, 0.15) is 61.6 Å². The van der Waals surface area contributed by atoms with Crippen molar-refractivity contribution in [1.82, 2.24) is 19.5 Å². The fourth-order valence-corrected chi connectivity index (χ4v) is 22.4. The lowest BCUT2D eigenvalue weighted by Crippen LogP contribution is -2.63. The number of aromatic amines is 1. The van der Waals surface area contributed by atoms with Gasteiger partial charge in [-0.3, -0.25) is 14.3 Å². The zero-order valence-electron chi connectivity index (χ0n) is 24.9. The average Bonchev–Trinajstić information content (AvgIpc) is 3.39. The van der Waals surface area contributed by atoms with Gasteiger partial charge in [0.1, 0.15) is 18.3 Å². The van der Waals surface area contributed by atoms with E-state index in [2.05, 4.69) is 70.3 Å². The van der Waals surface area contributed by atoms with Crippen LogP contribution < -0.4 is 11.3 Å². The largest absolute Gasteiger partial charge is 0.414 e. The Morgan fingerprint density at radius 2 is 1.72 bits per heavy atom. The molecular weight excluding hydrogens is 534 g/mol. The second-order valence-electron chi connectivity index (χ2n) is 12.3. The monoisotopic (exact) mass is 581 g/mol. The zero-order chi connectivity index (χ0) is 28.7. The Kier molecular flexibility index (Phi) is 9.11. The number of imidazole rings is 1. The molecule has 2 saturated heterocycles. The molecule has 39 heavy (non-hydrogen) atoms. The van der Waals surface area contributed by atoms with Crippen molar-refractivity contribution >= 4 is 33.7 Å². The molecule has 3 N–H and O–H groups in total. The number of nitrogens with two attached hydrogens (primary N) is 1. The second kappa shape index (κ2) is 11.7. The number of anilines is 1. The molecule has 220 valence electrons. The van der Waals surface area contributed by atoms with E-state index in [1.54, 1.807) is 18.0 Å². The van der Waals surface area contributed by atoms with Gasteiger partial charge in [-0.15, -0.1) is 0 Å². The van der Waals surface area contributed by atoms with Crippen LogP contribution in [0.2, 0.25) is 27.8 Å². The highest BCUT2D eigenvalue weighted by atomic mass is 28.4. The second-order valence-corrected chi connectivity index (χ2v) is 22.6. The molecule has 0 radical (unpaired) electrons. The van der Waals surface area contributed by atoms with Crippen LogP contribution in [0.25, 0.3) is 11.2 Å². The summed E-state index contributed by atoms with van der Waals surface area (Å²) in [6.07, 6.45) is -0.247. The van der Waals surface area contributed by atoms with Crippen LogP contribution in [0, 0.1) is 0 Å². The van der Waals surface area contributed by atoms with Crippen molar-refractivity contribution in [2.24, 2.45) is 0 Å². The molecule has 0 aromatic carbocycles. The molecule has 2 fully saturated rings. The molecule has 0 unspecified atom stereocenters. The van der Waals surface area contributed by atoms with Crippen molar-refractivity contribution in [2.45, 2.75) is 108 Å². The lowest BCUT2D eigenvalue weighted by Gasteiger charge is -2.52. The number of nitrogen functional groups attached to an aromatic ring is 1. The van der Waals surface area contributed by atoms with Crippen LogP contribution >= 0.6 is 0 Å². The normalized spacial score (nSPS) is 27.0. The van der Waals surface area contributed by atoms with E-state index in [-0.39, 0.29) is 23.7 Å². The van der Waals surface area contributed by atoms with E-state index in [1.165, 1.54) is 0 Å². The number of nitrogens with one attached hydrogen (secondary N) is 1. The maximum Gasteiger partial charge on any atom is 0.280 e. The molecule has 11 nitrogen and oxygen atoms in total. The third-order valence-corrected chi connectivity index (χ3v) is 22.6. The van der Waals surface area contributed by atoms with Gasteiger partial charge in [0.15, 0.2) is 34.0 Å². The van der Waals surface area contributed by atoms with Crippen molar-refractivity contribution in [1.29, 1.82) is 0 Å². The minimum atomic E-state index is -2.41. The summed E-state index contributed by atoms with van der Waals surface area (Å²) < 4.78 is 34.8. The summed E-state index contributed by atoms with van der Waals surface area (Å²) >= 11 is 0. The number of aromatic nitrogens is 4. The van der Waals surface area contributed by atoms with E-state index >= 15 is 0 Å². The lowest BCUT2D eigenvalue weighted by atomic mass is 10.1. The van der Waals surface area contributed by atoms with Gasteiger partial charge in [0.05, 0.1) is 26.1 Å². The summed E-state index contributed by atoms with van der Waals surface area (Å²) in [4.78, 5) is 23.8. The molecule has 4 atom stereocenters. The summed E-state index contributed by atoms with van der Waals surface area (Å²) in [5.74, 6) is 0.0189. The Hall–Kier alpha value is -1.62. The molecule has 2 aliphatic heterocycles. The van der Waals surface area contributed by atoms with E-state index in [4.69, 9.17) is 28.8 Å². The summed E-state index contributed by atoms with van der Waals surface area (Å²) in [7, 11) is -3.00. The summed E-state index contributed by atoms with van der Waals surface area (Å²) in [6.45, 7) is 19.7. The Labute approximate surface area is 233 Å². The summed E-state index contributed by atoms with van der Waals surface area (Å²) in [5.41, 5.74) is 8.70. The highest BCUT2D eigenvalue weighted by molar-refractivity contribution is 6.94. The van der Waals surface area contributed by atoms with Crippen molar-refractivity contribution in [3.05, 3.63) is 16.7 Å². The number of hydrogen-bond acceptors (Lipinski definition) is 9. The smallest absolute Gasteiger partial charge is 0.280 e. The molecule has 4 heterocycles. The topological polar surface area (TPSA) is 136 Å². The van der Waals surface area contributed by atoms with E-state index in [9.17, 15) is 4.79 Å². The van der Waals surface area contributed by atoms with Crippen LogP contribution in [-0.2, 0) is 23.1 Å². The van der Waals surface area contributed by atoms with Crippen molar-refractivity contribution in [3.8, 4) is 0 Å². The third-order valence-electron chi connectivity index (χ3n) is 8.94. The molecule has 0 aliphatic carbocycles. The first-order chi connectivity index (χ1) is 18.4.